The first-order valence-corrected chi connectivity index (χ1v) is 6.61. The molecule has 0 bridgehead atoms. The van der Waals surface area contributed by atoms with E-state index in [1.807, 2.05) is 0 Å². The fraction of sp³-hybridized carbons (Fsp3) is 0. The maximum Gasteiger partial charge on any atom is 0.337 e. The number of benzene rings is 1. The van der Waals surface area contributed by atoms with Crippen LogP contribution in [0.1, 0.15) is 20.8 Å². The molecule has 0 fully saturated rings. The van der Waals surface area contributed by atoms with Crippen molar-refractivity contribution >= 4 is 45.1 Å². The lowest BCUT2D eigenvalue weighted by atomic mass is 10.2. The second-order valence-corrected chi connectivity index (χ2v) is 4.99. The number of carbonyl (C=O) groups is 2. The van der Waals surface area contributed by atoms with E-state index in [9.17, 15) is 9.59 Å². The standard InChI is InChI=1S/C13H8BrClN2O3/c14-11-8(15)2-1-3-9(11)17-12(18)10-5-4-7(6-16-10)13(19)20/h1-6H,(H,17,18)(H,19,20). The Bertz CT molecular complexity index is 674. The summed E-state index contributed by atoms with van der Waals surface area (Å²) in [6.45, 7) is 0. The van der Waals surface area contributed by atoms with Gasteiger partial charge in [-0.15, -0.1) is 0 Å². The molecule has 1 heterocycles. The summed E-state index contributed by atoms with van der Waals surface area (Å²) >= 11 is 9.19. The highest BCUT2D eigenvalue weighted by Crippen LogP contribution is 2.30. The second-order valence-electron chi connectivity index (χ2n) is 3.79. The van der Waals surface area contributed by atoms with Gasteiger partial charge in [-0.25, -0.2) is 4.79 Å². The largest absolute Gasteiger partial charge is 0.478 e. The van der Waals surface area contributed by atoms with Gasteiger partial charge < -0.3 is 10.4 Å². The second kappa shape index (κ2) is 6.02. The number of halogens is 2. The molecule has 5 nitrogen and oxygen atoms in total. The first kappa shape index (κ1) is 14.5. The third-order valence-electron chi connectivity index (χ3n) is 2.44. The number of aromatic nitrogens is 1. The Labute approximate surface area is 127 Å². The number of carboxylic acid groups (broad SMARTS) is 1. The highest BCUT2D eigenvalue weighted by molar-refractivity contribution is 9.10. The first-order valence-electron chi connectivity index (χ1n) is 5.44. The first-order chi connectivity index (χ1) is 9.49. The van der Waals surface area contributed by atoms with Crippen LogP contribution in [0.4, 0.5) is 5.69 Å². The Hall–Kier alpha value is -1.92. The molecule has 102 valence electrons. The minimum Gasteiger partial charge on any atom is -0.478 e. The molecule has 0 aliphatic heterocycles. The van der Waals surface area contributed by atoms with Crippen molar-refractivity contribution in [3.63, 3.8) is 0 Å². The molecule has 1 aromatic heterocycles. The van der Waals surface area contributed by atoms with Crippen LogP contribution in [0.25, 0.3) is 0 Å². The summed E-state index contributed by atoms with van der Waals surface area (Å²) in [5.41, 5.74) is 0.638. The van der Waals surface area contributed by atoms with Crippen LogP contribution < -0.4 is 5.32 Å². The monoisotopic (exact) mass is 354 g/mol. The zero-order valence-electron chi connectivity index (χ0n) is 9.93. The quantitative estimate of drug-likeness (QED) is 0.884. The van der Waals surface area contributed by atoms with Gasteiger partial charge in [-0.1, -0.05) is 17.7 Å². The molecule has 0 spiro atoms. The van der Waals surface area contributed by atoms with Crippen molar-refractivity contribution in [2.24, 2.45) is 0 Å². The van der Waals surface area contributed by atoms with Gasteiger partial charge in [0.1, 0.15) is 5.69 Å². The molecule has 0 aliphatic carbocycles. The third-order valence-corrected chi connectivity index (χ3v) is 3.84. The van der Waals surface area contributed by atoms with Crippen molar-refractivity contribution < 1.29 is 14.7 Å². The number of pyridine rings is 1. The van der Waals surface area contributed by atoms with Crippen molar-refractivity contribution in [1.29, 1.82) is 0 Å². The van der Waals surface area contributed by atoms with Gasteiger partial charge in [-0.05, 0) is 40.2 Å². The van der Waals surface area contributed by atoms with Crippen LogP contribution in [-0.2, 0) is 0 Å². The summed E-state index contributed by atoms with van der Waals surface area (Å²) < 4.78 is 0.567. The third kappa shape index (κ3) is 3.15. The summed E-state index contributed by atoms with van der Waals surface area (Å²) in [6, 6.07) is 7.72. The lowest BCUT2D eigenvalue weighted by Gasteiger charge is -2.08. The van der Waals surface area contributed by atoms with E-state index in [4.69, 9.17) is 16.7 Å². The summed E-state index contributed by atoms with van der Waals surface area (Å²) in [7, 11) is 0. The van der Waals surface area contributed by atoms with Crippen LogP contribution in [0.15, 0.2) is 41.0 Å². The predicted octanol–water partition coefficient (Wildman–Crippen LogP) is 3.45. The van der Waals surface area contributed by atoms with Crippen LogP contribution in [-0.4, -0.2) is 22.0 Å². The topological polar surface area (TPSA) is 79.3 Å². The van der Waals surface area contributed by atoms with E-state index < -0.39 is 11.9 Å². The lowest BCUT2D eigenvalue weighted by molar-refractivity contribution is 0.0696. The predicted molar refractivity (Wildman–Crippen MR) is 78.3 cm³/mol. The molecule has 2 N–H and O–H groups in total. The minimum atomic E-state index is -1.10. The smallest absolute Gasteiger partial charge is 0.337 e. The maximum absolute atomic E-state index is 12.0. The molecule has 0 saturated heterocycles. The molecule has 1 aromatic carbocycles. The Morgan fingerprint density at radius 3 is 2.60 bits per heavy atom. The highest BCUT2D eigenvalue weighted by atomic mass is 79.9. The molecule has 0 aliphatic rings. The zero-order valence-corrected chi connectivity index (χ0v) is 12.3. The van der Waals surface area contributed by atoms with Crippen molar-refractivity contribution in [2.45, 2.75) is 0 Å². The molecular formula is C13H8BrClN2O3. The van der Waals surface area contributed by atoms with Crippen molar-refractivity contribution in [2.75, 3.05) is 5.32 Å². The van der Waals surface area contributed by atoms with E-state index in [1.54, 1.807) is 18.2 Å². The van der Waals surface area contributed by atoms with E-state index >= 15 is 0 Å². The van der Waals surface area contributed by atoms with Crippen molar-refractivity contribution in [3.05, 3.63) is 57.3 Å². The van der Waals surface area contributed by atoms with E-state index in [2.05, 4.69) is 26.2 Å². The fourth-order valence-corrected chi connectivity index (χ4v) is 1.98. The Kier molecular flexibility index (Phi) is 4.36. The van der Waals surface area contributed by atoms with Gasteiger partial charge in [-0.2, -0.15) is 0 Å². The normalized spacial score (nSPS) is 10.1. The van der Waals surface area contributed by atoms with Crippen LogP contribution in [0.5, 0.6) is 0 Å². The fourth-order valence-electron chi connectivity index (χ4n) is 1.44. The number of aromatic carboxylic acids is 1. The Morgan fingerprint density at radius 1 is 1.25 bits per heavy atom. The number of carbonyl (C=O) groups excluding carboxylic acids is 1. The number of hydrogen-bond donors (Lipinski definition) is 2. The van der Waals surface area contributed by atoms with Gasteiger partial charge in [0, 0.05) is 6.20 Å². The Morgan fingerprint density at radius 2 is 2.00 bits per heavy atom. The summed E-state index contributed by atoms with van der Waals surface area (Å²) in [4.78, 5) is 26.5. The van der Waals surface area contributed by atoms with Gasteiger partial charge in [0.05, 0.1) is 20.7 Å². The van der Waals surface area contributed by atoms with Crippen LogP contribution in [0.2, 0.25) is 5.02 Å². The van der Waals surface area contributed by atoms with Crippen LogP contribution in [0, 0.1) is 0 Å². The van der Waals surface area contributed by atoms with Crippen molar-refractivity contribution in [3.8, 4) is 0 Å². The minimum absolute atomic E-state index is 0.0190. The van der Waals surface area contributed by atoms with Crippen LogP contribution in [0.3, 0.4) is 0 Å². The van der Waals surface area contributed by atoms with Gasteiger partial charge in [-0.3, -0.25) is 9.78 Å². The van der Waals surface area contributed by atoms with Crippen LogP contribution >= 0.6 is 27.5 Å². The Balaban J connectivity index is 2.20. The summed E-state index contributed by atoms with van der Waals surface area (Å²) in [5, 5.41) is 11.9. The number of anilines is 1. The van der Waals surface area contributed by atoms with E-state index in [0.717, 1.165) is 6.20 Å². The van der Waals surface area contributed by atoms with E-state index in [0.29, 0.717) is 15.2 Å². The number of nitrogens with zero attached hydrogens (tertiary/aromatic N) is 1. The number of rotatable bonds is 3. The molecule has 7 heteroatoms. The highest BCUT2D eigenvalue weighted by Gasteiger charge is 2.12. The molecule has 0 atom stereocenters. The molecule has 2 rings (SSSR count). The van der Waals surface area contributed by atoms with E-state index in [-0.39, 0.29) is 11.3 Å². The van der Waals surface area contributed by atoms with Gasteiger partial charge in [0.25, 0.3) is 5.91 Å². The average molecular weight is 356 g/mol. The van der Waals surface area contributed by atoms with Crippen molar-refractivity contribution in [1.82, 2.24) is 4.98 Å². The number of carboxylic acids is 1. The van der Waals surface area contributed by atoms with E-state index in [1.165, 1.54) is 12.1 Å². The average Bonchev–Trinajstić information content (AvgIpc) is 2.44. The molecular weight excluding hydrogens is 348 g/mol. The molecule has 20 heavy (non-hydrogen) atoms. The molecule has 2 aromatic rings. The SMILES string of the molecule is O=C(O)c1ccc(C(=O)Nc2cccc(Cl)c2Br)nc1. The lowest BCUT2D eigenvalue weighted by Crippen LogP contribution is -2.14. The number of hydrogen-bond acceptors (Lipinski definition) is 3. The number of nitrogens with one attached hydrogen (secondary N) is 1. The summed E-state index contributed by atoms with van der Waals surface area (Å²) in [6.07, 6.45) is 1.13. The number of amides is 1. The molecule has 0 radical (unpaired) electrons. The van der Waals surface area contributed by atoms with Gasteiger partial charge >= 0.3 is 5.97 Å². The molecule has 1 amide bonds. The zero-order chi connectivity index (χ0) is 14.7. The summed E-state index contributed by atoms with van der Waals surface area (Å²) in [5.74, 6) is -1.55. The van der Waals surface area contributed by atoms with Gasteiger partial charge in [0.15, 0.2) is 0 Å². The van der Waals surface area contributed by atoms with Gasteiger partial charge in [0.2, 0.25) is 0 Å². The molecule has 0 unspecified atom stereocenters. The maximum atomic E-state index is 12.0. The molecule has 0 saturated carbocycles.